The Kier molecular flexibility index (Phi) is 3.54. The number of benzene rings is 1. The fourth-order valence-corrected chi connectivity index (χ4v) is 1.81. The van der Waals surface area contributed by atoms with E-state index in [1.54, 1.807) is 0 Å². The van der Waals surface area contributed by atoms with Crippen molar-refractivity contribution < 1.29 is 0 Å². The van der Waals surface area contributed by atoms with Gasteiger partial charge in [0.1, 0.15) is 0 Å². The van der Waals surface area contributed by atoms with Gasteiger partial charge in [-0.05, 0) is 53.2 Å². The maximum absolute atomic E-state index is 6.01. The molecule has 0 saturated carbocycles. The highest BCUT2D eigenvalue weighted by Crippen LogP contribution is 2.28. The monoisotopic (exact) mass is 311 g/mol. The summed E-state index contributed by atoms with van der Waals surface area (Å²) in [5.74, 6) is 0.642. The number of hydrogen-bond donors (Lipinski definition) is 2. The first-order valence-corrected chi connectivity index (χ1v) is 6.18. The molecule has 0 spiro atoms. The van der Waals surface area contributed by atoms with Crippen LogP contribution in [0.2, 0.25) is 5.02 Å². The first-order chi connectivity index (χ1) is 8.06. The Labute approximate surface area is 113 Å². The molecule has 3 nitrogen and oxygen atoms in total. The van der Waals surface area contributed by atoms with E-state index in [4.69, 9.17) is 17.3 Å². The third-order valence-corrected chi connectivity index (χ3v) is 3.48. The summed E-state index contributed by atoms with van der Waals surface area (Å²) in [7, 11) is 0. The van der Waals surface area contributed by atoms with Crippen LogP contribution in [0.25, 0.3) is 0 Å². The smallest absolute Gasteiger partial charge is 0.153 e. The largest absolute Gasteiger partial charge is 0.396 e. The molecule has 88 valence electrons. The standard InChI is InChI=1S/C12H11BrClN3/c1-7-2-5-11(15)12(16-7)17-8-3-4-9(13)10(14)6-8/h2-6H,15H2,1H3,(H,16,17). The maximum Gasteiger partial charge on any atom is 0.153 e. The van der Waals surface area contributed by atoms with Crippen LogP contribution < -0.4 is 11.1 Å². The van der Waals surface area contributed by atoms with Crippen LogP contribution in [0.5, 0.6) is 0 Å². The first kappa shape index (κ1) is 12.2. The molecule has 0 fully saturated rings. The number of anilines is 3. The minimum atomic E-state index is 0.606. The lowest BCUT2D eigenvalue weighted by Crippen LogP contribution is -2.00. The Bertz CT molecular complexity index is 557. The number of hydrogen-bond acceptors (Lipinski definition) is 3. The van der Waals surface area contributed by atoms with Gasteiger partial charge in [-0.2, -0.15) is 0 Å². The van der Waals surface area contributed by atoms with Gasteiger partial charge in [0.15, 0.2) is 5.82 Å². The summed E-state index contributed by atoms with van der Waals surface area (Å²) in [4.78, 5) is 4.33. The summed E-state index contributed by atoms with van der Waals surface area (Å²) in [6.45, 7) is 1.92. The van der Waals surface area contributed by atoms with Crippen molar-refractivity contribution in [2.45, 2.75) is 6.92 Å². The molecule has 0 aliphatic rings. The predicted molar refractivity (Wildman–Crippen MR) is 75.8 cm³/mol. The average Bonchev–Trinajstić information content (AvgIpc) is 2.29. The molecule has 0 radical (unpaired) electrons. The average molecular weight is 313 g/mol. The van der Waals surface area contributed by atoms with Crippen molar-refractivity contribution in [2.75, 3.05) is 11.1 Å². The lowest BCUT2D eigenvalue weighted by atomic mass is 10.3. The number of nitrogens with one attached hydrogen (secondary N) is 1. The van der Waals surface area contributed by atoms with Crippen LogP contribution in [0.1, 0.15) is 5.69 Å². The summed E-state index contributed by atoms with van der Waals surface area (Å²) >= 11 is 9.35. The Balaban J connectivity index is 2.31. The highest BCUT2D eigenvalue weighted by Gasteiger charge is 2.03. The number of rotatable bonds is 2. The van der Waals surface area contributed by atoms with E-state index in [1.165, 1.54) is 0 Å². The van der Waals surface area contributed by atoms with Crippen LogP contribution in [0.3, 0.4) is 0 Å². The van der Waals surface area contributed by atoms with Gasteiger partial charge in [0.05, 0.1) is 10.7 Å². The van der Waals surface area contributed by atoms with Crippen molar-refractivity contribution in [1.82, 2.24) is 4.98 Å². The van der Waals surface area contributed by atoms with E-state index in [9.17, 15) is 0 Å². The summed E-state index contributed by atoms with van der Waals surface area (Å²) in [6, 6.07) is 9.28. The van der Waals surface area contributed by atoms with E-state index in [-0.39, 0.29) is 0 Å². The summed E-state index contributed by atoms with van der Waals surface area (Å²) in [5.41, 5.74) is 8.20. The van der Waals surface area contributed by atoms with Gasteiger partial charge in [0.2, 0.25) is 0 Å². The maximum atomic E-state index is 6.01. The number of nitrogens with zero attached hydrogens (tertiary/aromatic N) is 1. The second kappa shape index (κ2) is 4.94. The zero-order chi connectivity index (χ0) is 12.4. The first-order valence-electron chi connectivity index (χ1n) is 5.01. The Morgan fingerprint density at radius 1 is 1.29 bits per heavy atom. The third kappa shape index (κ3) is 2.90. The molecule has 0 amide bonds. The van der Waals surface area contributed by atoms with Crippen LogP contribution in [0.15, 0.2) is 34.8 Å². The van der Waals surface area contributed by atoms with E-state index in [2.05, 4.69) is 26.2 Å². The van der Waals surface area contributed by atoms with Gasteiger partial charge in [0.25, 0.3) is 0 Å². The molecule has 3 N–H and O–H groups in total. The van der Waals surface area contributed by atoms with E-state index < -0.39 is 0 Å². The molecule has 1 aromatic carbocycles. The number of pyridine rings is 1. The second-order valence-corrected chi connectivity index (χ2v) is 4.91. The molecule has 0 aliphatic carbocycles. The minimum Gasteiger partial charge on any atom is -0.396 e. The highest BCUT2D eigenvalue weighted by molar-refractivity contribution is 9.10. The fourth-order valence-electron chi connectivity index (χ4n) is 1.38. The van der Waals surface area contributed by atoms with E-state index >= 15 is 0 Å². The Morgan fingerprint density at radius 2 is 2.06 bits per heavy atom. The fraction of sp³-hybridized carbons (Fsp3) is 0.0833. The topological polar surface area (TPSA) is 50.9 Å². The molecule has 2 aromatic rings. The van der Waals surface area contributed by atoms with E-state index in [0.29, 0.717) is 16.5 Å². The van der Waals surface area contributed by atoms with Crippen molar-refractivity contribution in [3.63, 3.8) is 0 Å². The van der Waals surface area contributed by atoms with Gasteiger partial charge < -0.3 is 11.1 Å². The zero-order valence-corrected chi connectivity index (χ0v) is 11.5. The predicted octanol–water partition coefficient (Wildman–Crippen LogP) is 4.13. The van der Waals surface area contributed by atoms with Crippen LogP contribution in [-0.2, 0) is 0 Å². The van der Waals surface area contributed by atoms with E-state index in [1.807, 2.05) is 37.3 Å². The Morgan fingerprint density at radius 3 is 2.76 bits per heavy atom. The molecule has 1 heterocycles. The zero-order valence-electron chi connectivity index (χ0n) is 9.17. The van der Waals surface area contributed by atoms with Crippen molar-refractivity contribution in [3.8, 4) is 0 Å². The number of aryl methyl sites for hydroxylation is 1. The summed E-state index contributed by atoms with van der Waals surface area (Å²) in [5, 5.41) is 3.78. The molecule has 0 atom stereocenters. The molecule has 0 aliphatic heterocycles. The van der Waals surface area contributed by atoms with E-state index in [0.717, 1.165) is 15.9 Å². The highest BCUT2D eigenvalue weighted by atomic mass is 79.9. The van der Waals surface area contributed by atoms with Gasteiger partial charge >= 0.3 is 0 Å². The number of halogens is 2. The van der Waals surface area contributed by atoms with Gasteiger partial charge in [-0.1, -0.05) is 11.6 Å². The molecule has 17 heavy (non-hydrogen) atoms. The van der Waals surface area contributed by atoms with Gasteiger partial charge in [-0.3, -0.25) is 0 Å². The summed E-state index contributed by atoms with van der Waals surface area (Å²) in [6.07, 6.45) is 0. The second-order valence-electron chi connectivity index (χ2n) is 3.64. The molecule has 5 heteroatoms. The minimum absolute atomic E-state index is 0.606. The van der Waals surface area contributed by atoms with Crippen molar-refractivity contribution in [1.29, 1.82) is 0 Å². The van der Waals surface area contributed by atoms with Crippen molar-refractivity contribution in [3.05, 3.63) is 45.5 Å². The summed E-state index contributed by atoms with van der Waals surface area (Å²) < 4.78 is 0.856. The van der Waals surface area contributed by atoms with Crippen molar-refractivity contribution >= 4 is 44.7 Å². The molecule has 2 rings (SSSR count). The third-order valence-electron chi connectivity index (χ3n) is 2.25. The van der Waals surface area contributed by atoms with Gasteiger partial charge in [-0.15, -0.1) is 0 Å². The van der Waals surface area contributed by atoms with Gasteiger partial charge in [0, 0.05) is 15.9 Å². The van der Waals surface area contributed by atoms with Crippen LogP contribution in [0.4, 0.5) is 17.2 Å². The van der Waals surface area contributed by atoms with Crippen LogP contribution in [0, 0.1) is 6.92 Å². The lowest BCUT2D eigenvalue weighted by Gasteiger charge is -2.09. The van der Waals surface area contributed by atoms with Crippen molar-refractivity contribution in [2.24, 2.45) is 0 Å². The SMILES string of the molecule is Cc1ccc(N)c(Nc2ccc(Br)c(Cl)c2)n1. The van der Waals surface area contributed by atoms with Crippen LogP contribution in [-0.4, -0.2) is 4.98 Å². The van der Waals surface area contributed by atoms with Crippen LogP contribution >= 0.6 is 27.5 Å². The molecule has 0 bridgehead atoms. The number of aromatic nitrogens is 1. The number of nitrogen functional groups attached to an aromatic ring is 1. The normalized spacial score (nSPS) is 10.3. The van der Waals surface area contributed by atoms with Gasteiger partial charge in [-0.25, -0.2) is 4.98 Å². The Hall–Kier alpha value is -1.26. The quantitative estimate of drug-likeness (QED) is 0.876. The lowest BCUT2D eigenvalue weighted by molar-refractivity contribution is 1.20. The number of nitrogens with two attached hydrogens (primary N) is 1. The molecule has 0 saturated heterocycles. The molecule has 1 aromatic heterocycles. The molecular weight excluding hydrogens is 302 g/mol. The molecule has 0 unspecified atom stereocenters. The molecular formula is C12H11BrClN3.